The van der Waals surface area contributed by atoms with Gasteiger partial charge in [-0.1, -0.05) is 12.1 Å². The Labute approximate surface area is 154 Å². The van der Waals surface area contributed by atoms with E-state index in [1.165, 1.54) is 7.11 Å². The van der Waals surface area contributed by atoms with Gasteiger partial charge in [-0.25, -0.2) is 0 Å². The normalized spacial score (nSPS) is 11.0. The lowest BCUT2D eigenvalue weighted by atomic mass is 9.91. The van der Waals surface area contributed by atoms with E-state index in [0.717, 1.165) is 12.1 Å². The van der Waals surface area contributed by atoms with Gasteiger partial charge < -0.3 is 23.8 Å². The van der Waals surface area contributed by atoms with Crippen molar-refractivity contribution in [2.45, 2.75) is 19.8 Å². The summed E-state index contributed by atoms with van der Waals surface area (Å²) >= 11 is 0. The summed E-state index contributed by atoms with van der Waals surface area (Å²) in [4.78, 5) is 24.2. The van der Waals surface area contributed by atoms with Crippen LogP contribution in [0.5, 0.6) is 17.2 Å². The Bertz CT molecular complexity index is 1040. The Hall–Kier alpha value is -3.48. The first-order chi connectivity index (χ1) is 12.8. The first kappa shape index (κ1) is 18.3. The van der Waals surface area contributed by atoms with Crippen LogP contribution < -0.4 is 15.6 Å². The number of hydrogen-bond donors (Lipinski definition) is 2. The quantitative estimate of drug-likeness (QED) is 0.726. The zero-order valence-electron chi connectivity index (χ0n) is 15.0. The molecule has 1 aromatic carbocycles. The lowest BCUT2D eigenvalue weighted by molar-refractivity contribution is 0.345. The van der Waals surface area contributed by atoms with Gasteiger partial charge in [0, 0.05) is 12.1 Å². The molecule has 0 bridgehead atoms. The van der Waals surface area contributed by atoms with Crippen LogP contribution in [-0.4, -0.2) is 17.3 Å². The highest BCUT2D eigenvalue weighted by Gasteiger charge is 2.31. The number of rotatable bonds is 4. The van der Waals surface area contributed by atoms with Crippen LogP contribution >= 0.6 is 0 Å². The SMILES string of the molecule is COc1cccc(C(c2oc(C)cc(=O)c2O)c2oc(C)cc(=O)c2O)c1. The molecule has 2 aromatic heterocycles. The van der Waals surface area contributed by atoms with Crippen LogP contribution in [0, 0.1) is 13.8 Å². The minimum absolute atomic E-state index is 0.141. The van der Waals surface area contributed by atoms with Crippen LogP contribution in [0.2, 0.25) is 0 Å². The molecular formula is C20H18O7. The van der Waals surface area contributed by atoms with Crippen LogP contribution in [-0.2, 0) is 0 Å². The van der Waals surface area contributed by atoms with E-state index in [-0.39, 0.29) is 23.0 Å². The Kier molecular flexibility index (Phi) is 4.77. The van der Waals surface area contributed by atoms with Gasteiger partial charge in [-0.05, 0) is 31.5 Å². The second-order valence-electron chi connectivity index (χ2n) is 6.08. The lowest BCUT2D eigenvalue weighted by Crippen LogP contribution is -2.13. The molecule has 0 atom stereocenters. The third kappa shape index (κ3) is 3.44. The summed E-state index contributed by atoms with van der Waals surface area (Å²) in [6.45, 7) is 3.11. The molecule has 0 aliphatic heterocycles. The van der Waals surface area contributed by atoms with Crippen molar-refractivity contribution in [2.75, 3.05) is 7.11 Å². The molecule has 0 saturated carbocycles. The second kappa shape index (κ2) is 7.03. The van der Waals surface area contributed by atoms with E-state index in [0.29, 0.717) is 11.3 Å². The fraction of sp³-hybridized carbons (Fsp3) is 0.200. The van der Waals surface area contributed by atoms with E-state index in [1.54, 1.807) is 38.1 Å². The predicted octanol–water partition coefficient (Wildman–Crippen LogP) is 2.81. The van der Waals surface area contributed by atoms with Gasteiger partial charge in [-0.3, -0.25) is 9.59 Å². The van der Waals surface area contributed by atoms with Crippen molar-refractivity contribution in [1.29, 1.82) is 0 Å². The number of methoxy groups -OCH3 is 1. The van der Waals surface area contributed by atoms with E-state index in [4.69, 9.17) is 13.6 Å². The van der Waals surface area contributed by atoms with E-state index >= 15 is 0 Å². The van der Waals surface area contributed by atoms with Gasteiger partial charge in [-0.2, -0.15) is 0 Å². The van der Waals surface area contributed by atoms with Crippen molar-refractivity contribution in [3.63, 3.8) is 0 Å². The second-order valence-corrected chi connectivity index (χ2v) is 6.08. The number of aromatic hydroxyl groups is 2. The molecule has 3 aromatic rings. The van der Waals surface area contributed by atoms with Gasteiger partial charge in [0.15, 0.2) is 11.5 Å². The number of aryl methyl sites for hydroxylation is 2. The number of hydrogen-bond acceptors (Lipinski definition) is 7. The van der Waals surface area contributed by atoms with Crippen molar-refractivity contribution >= 4 is 0 Å². The maximum Gasteiger partial charge on any atom is 0.227 e. The third-order valence-electron chi connectivity index (χ3n) is 4.10. The average Bonchev–Trinajstić information content (AvgIpc) is 2.63. The van der Waals surface area contributed by atoms with E-state index in [9.17, 15) is 19.8 Å². The largest absolute Gasteiger partial charge is 0.502 e. The Morgan fingerprint density at radius 1 is 0.889 bits per heavy atom. The molecule has 7 heteroatoms. The van der Waals surface area contributed by atoms with Gasteiger partial charge in [-0.15, -0.1) is 0 Å². The molecule has 0 aliphatic carbocycles. The molecule has 0 spiro atoms. The number of ether oxygens (including phenoxy) is 1. The summed E-state index contributed by atoms with van der Waals surface area (Å²) in [6.07, 6.45) is 0. The van der Waals surface area contributed by atoms with Crippen LogP contribution in [0.4, 0.5) is 0 Å². The summed E-state index contributed by atoms with van der Waals surface area (Å²) in [6, 6.07) is 9.00. The van der Waals surface area contributed by atoms with Crippen LogP contribution in [0.3, 0.4) is 0 Å². The first-order valence-electron chi connectivity index (χ1n) is 8.13. The van der Waals surface area contributed by atoms with Crippen LogP contribution in [0.1, 0.15) is 34.5 Å². The third-order valence-corrected chi connectivity index (χ3v) is 4.10. The highest BCUT2D eigenvalue weighted by Crippen LogP contribution is 2.39. The molecule has 2 heterocycles. The van der Waals surface area contributed by atoms with E-state index in [1.807, 2.05) is 0 Å². The fourth-order valence-electron chi connectivity index (χ4n) is 2.89. The molecule has 7 nitrogen and oxygen atoms in total. The minimum atomic E-state index is -1.04. The smallest absolute Gasteiger partial charge is 0.227 e. The fourth-order valence-corrected chi connectivity index (χ4v) is 2.89. The Morgan fingerprint density at radius 2 is 1.41 bits per heavy atom. The van der Waals surface area contributed by atoms with Crippen molar-refractivity contribution in [2.24, 2.45) is 0 Å². The highest BCUT2D eigenvalue weighted by atomic mass is 16.5. The maximum absolute atomic E-state index is 12.1. The predicted molar refractivity (Wildman–Crippen MR) is 96.7 cm³/mol. The van der Waals surface area contributed by atoms with Gasteiger partial charge in [0.2, 0.25) is 22.4 Å². The maximum atomic E-state index is 12.1. The Balaban J connectivity index is 2.38. The molecule has 0 amide bonds. The summed E-state index contributed by atoms with van der Waals surface area (Å²) in [5.74, 6) is -1.56. The minimum Gasteiger partial charge on any atom is -0.502 e. The van der Waals surface area contributed by atoms with E-state index < -0.39 is 28.3 Å². The molecule has 2 N–H and O–H groups in total. The zero-order valence-corrected chi connectivity index (χ0v) is 15.0. The molecular weight excluding hydrogens is 352 g/mol. The van der Waals surface area contributed by atoms with Crippen LogP contribution in [0.15, 0.2) is 54.8 Å². The average molecular weight is 370 g/mol. The summed E-state index contributed by atoms with van der Waals surface area (Å²) < 4.78 is 16.4. The van der Waals surface area contributed by atoms with Gasteiger partial charge in [0.05, 0.1) is 7.11 Å². The first-order valence-corrected chi connectivity index (χ1v) is 8.13. The van der Waals surface area contributed by atoms with E-state index in [2.05, 4.69) is 0 Å². The van der Waals surface area contributed by atoms with Gasteiger partial charge in [0.1, 0.15) is 23.2 Å². The van der Waals surface area contributed by atoms with Crippen molar-refractivity contribution in [1.82, 2.24) is 0 Å². The standard InChI is InChI=1S/C20H18O7/c1-10-7-14(21)17(23)19(26-10)16(12-5-4-6-13(9-12)25-3)20-18(24)15(22)8-11(2)27-20/h4-9,16,23-24H,1-3H3. The summed E-state index contributed by atoms with van der Waals surface area (Å²) in [5.41, 5.74) is -0.797. The molecule has 0 radical (unpaired) electrons. The lowest BCUT2D eigenvalue weighted by Gasteiger charge is -2.19. The van der Waals surface area contributed by atoms with Crippen LogP contribution in [0.25, 0.3) is 0 Å². The molecule has 0 fully saturated rings. The molecule has 0 unspecified atom stereocenters. The zero-order chi connectivity index (χ0) is 19.7. The molecule has 3 rings (SSSR count). The summed E-state index contributed by atoms with van der Waals surface area (Å²) in [7, 11) is 1.49. The van der Waals surface area contributed by atoms with Gasteiger partial charge >= 0.3 is 0 Å². The summed E-state index contributed by atoms with van der Waals surface area (Å²) in [5, 5.41) is 20.7. The van der Waals surface area contributed by atoms with Crippen molar-refractivity contribution in [3.05, 3.63) is 85.4 Å². The van der Waals surface area contributed by atoms with Crippen molar-refractivity contribution in [3.8, 4) is 17.2 Å². The Morgan fingerprint density at radius 3 is 1.89 bits per heavy atom. The molecule has 140 valence electrons. The topological polar surface area (TPSA) is 110 Å². The molecule has 27 heavy (non-hydrogen) atoms. The van der Waals surface area contributed by atoms with Crippen molar-refractivity contribution < 1.29 is 23.8 Å². The monoisotopic (exact) mass is 370 g/mol. The van der Waals surface area contributed by atoms with Gasteiger partial charge in [0.25, 0.3) is 0 Å². The molecule has 0 aliphatic rings. The number of benzene rings is 1. The molecule has 0 saturated heterocycles. The highest BCUT2D eigenvalue weighted by molar-refractivity contribution is 5.47.